The smallest absolute Gasteiger partial charge is 0.331 e. The number of para-hydroxylation sites is 2. The number of carbonyl (C=O) groups is 1. The Bertz CT molecular complexity index is 1970. The van der Waals surface area contributed by atoms with Crippen molar-refractivity contribution < 1.29 is 13.9 Å². The first-order chi connectivity index (χ1) is 19.0. The zero-order valence-electron chi connectivity index (χ0n) is 19.9. The molecule has 0 aliphatic carbocycles. The van der Waals surface area contributed by atoms with Crippen molar-refractivity contribution in [2.24, 2.45) is 9.98 Å². The lowest BCUT2D eigenvalue weighted by atomic mass is 10.1. The Balaban J connectivity index is 1.77. The third kappa shape index (κ3) is 4.29. The zero-order valence-corrected chi connectivity index (χ0v) is 19.9. The minimum Gasteiger partial charge on any atom is -0.465 e. The summed E-state index contributed by atoms with van der Waals surface area (Å²) in [5.74, 6) is -2.88. The normalized spacial score (nSPS) is 12.1. The number of rotatable bonds is 5. The summed E-state index contributed by atoms with van der Waals surface area (Å²) in [6.45, 7) is 1.63. The van der Waals surface area contributed by atoms with Crippen LogP contribution in [0.5, 0.6) is 0 Å². The lowest BCUT2D eigenvalue weighted by molar-refractivity contribution is -0.143. The van der Waals surface area contributed by atoms with Gasteiger partial charge in [-0.3, -0.25) is 4.79 Å². The number of ether oxygens (including phenoxy) is 1. The van der Waals surface area contributed by atoms with Gasteiger partial charge in [0.05, 0.1) is 23.6 Å². The van der Waals surface area contributed by atoms with E-state index in [1.165, 1.54) is 12.1 Å². The van der Waals surface area contributed by atoms with E-state index in [9.17, 15) is 25.8 Å². The van der Waals surface area contributed by atoms with Crippen LogP contribution in [0.4, 0.5) is 0 Å². The molecule has 0 amide bonds. The van der Waals surface area contributed by atoms with Gasteiger partial charge in [0.1, 0.15) is 29.1 Å². The number of esters is 1. The molecule has 0 N–H and O–H groups in total. The first-order valence-corrected chi connectivity index (χ1v) is 11.2. The number of allylic oxidation sites excluding steroid dienone is 1. The summed E-state index contributed by atoms with van der Waals surface area (Å²) in [6, 6.07) is 17.3. The highest BCUT2D eigenvalue weighted by Gasteiger charge is 2.28. The number of hydrogen-bond donors (Lipinski definition) is 0. The number of carbonyl (C=O) groups excluding carboxylic acids is 1. The number of hydrogen-bond acceptors (Lipinski definition) is 13. The van der Waals surface area contributed by atoms with Crippen LogP contribution in [0, 0.1) is 45.3 Å². The molecule has 3 heterocycles. The van der Waals surface area contributed by atoms with Crippen LogP contribution in [0.3, 0.4) is 0 Å². The van der Waals surface area contributed by atoms with Crippen LogP contribution in [0.15, 0.2) is 62.2 Å². The highest BCUT2D eigenvalue weighted by Crippen LogP contribution is 2.26. The van der Waals surface area contributed by atoms with Crippen molar-refractivity contribution in [3.63, 3.8) is 0 Å². The highest BCUT2D eigenvalue weighted by molar-refractivity contribution is 5.81. The van der Waals surface area contributed by atoms with Gasteiger partial charge in [-0.05, 0) is 31.2 Å². The molecule has 1 aliphatic rings. The van der Waals surface area contributed by atoms with Crippen molar-refractivity contribution in [1.82, 2.24) is 19.9 Å². The van der Waals surface area contributed by atoms with Crippen molar-refractivity contribution in [3.05, 3.63) is 69.9 Å². The Hall–Kier alpha value is -6.31. The van der Waals surface area contributed by atoms with Crippen molar-refractivity contribution in [1.29, 1.82) is 21.0 Å². The molecule has 2 aromatic heterocycles. The maximum absolute atomic E-state index is 12.5. The molecule has 4 aromatic rings. The third-order valence-corrected chi connectivity index (χ3v) is 5.45. The number of aromatic nitrogens is 4. The van der Waals surface area contributed by atoms with Crippen LogP contribution in [0.1, 0.15) is 24.2 Å². The number of fused-ring (bicyclic) bond motifs is 2. The zero-order chi connectivity index (χ0) is 27.5. The quantitative estimate of drug-likeness (QED) is 0.278. The van der Waals surface area contributed by atoms with Crippen LogP contribution in [0.2, 0.25) is 0 Å². The molecule has 0 fully saturated rings. The minimum absolute atomic E-state index is 0.00101. The van der Waals surface area contributed by atoms with Crippen molar-refractivity contribution in [2.45, 2.75) is 12.8 Å². The van der Waals surface area contributed by atoms with Crippen LogP contribution >= 0.6 is 0 Å². The van der Waals surface area contributed by atoms with Gasteiger partial charge in [-0.25, -0.2) is 29.9 Å². The van der Waals surface area contributed by atoms with E-state index in [1.807, 2.05) is 12.1 Å². The lowest BCUT2D eigenvalue weighted by Crippen LogP contribution is -2.26. The molecule has 0 spiro atoms. The molecule has 5 rings (SSSR count). The molecule has 1 aliphatic heterocycles. The van der Waals surface area contributed by atoms with Gasteiger partial charge in [0, 0.05) is 5.56 Å². The average Bonchev–Trinajstić information content (AvgIpc) is 3.58. The van der Waals surface area contributed by atoms with Gasteiger partial charge in [0.15, 0.2) is 28.6 Å². The summed E-state index contributed by atoms with van der Waals surface area (Å²) in [6.07, 6.45) is 0. The Kier molecular flexibility index (Phi) is 6.24. The maximum Gasteiger partial charge on any atom is 0.331 e. The Morgan fingerprint density at radius 3 is 2.44 bits per heavy atom. The summed E-state index contributed by atoms with van der Waals surface area (Å²) < 4.78 is 10.8. The predicted molar refractivity (Wildman–Crippen MR) is 129 cm³/mol. The Morgan fingerprint density at radius 2 is 1.74 bits per heavy atom. The topological polar surface area (TPSA) is 211 Å². The number of nitrogens with zero attached hydrogens (tertiary/aromatic N) is 10. The number of nitriles is 4. The fourth-order valence-electron chi connectivity index (χ4n) is 3.71. The predicted octanol–water partition coefficient (Wildman–Crippen LogP) is 1.90. The SMILES string of the molecule is CCOC(=O)C(C#N)c1nc(-c2nc3ccccc3o2)nc(-c2ccc3c(c2C#N)=NC(=C(C#N)C#N)N=3)n1. The standard InChI is InChI=1S/C26H12N10O3/c1-2-38-26(37)16(12-30)23-34-22(35-24(36-23)25-32-17-5-3-4-6-19(17)39-25)14-7-8-18-20(15(14)11-29)33-21(31-18)13(9-27)10-28/h3-8,16H,2H2,1H3. The van der Waals surface area contributed by atoms with Crippen LogP contribution < -0.4 is 10.7 Å². The Morgan fingerprint density at radius 1 is 0.974 bits per heavy atom. The van der Waals surface area contributed by atoms with E-state index in [4.69, 9.17) is 9.15 Å². The molecule has 39 heavy (non-hydrogen) atoms. The second-order valence-electron chi connectivity index (χ2n) is 7.76. The van der Waals surface area contributed by atoms with Gasteiger partial charge >= 0.3 is 5.97 Å². The van der Waals surface area contributed by atoms with Crippen molar-refractivity contribution in [2.75, 3.05) is 6.61 Å². The largest absolute Gasteiger partial charge is 0.465 e. The average molecular weight is 512 g/mol. The minimum atomic E-state index is -1.50. The first-order valence-electron chi connectivity index (χ1n) is 11.2. The molecule has 0 radical (unpaired) electrons. The summed E-state index contributed by atoms with van der Waals surface area (Å²) in [7, 11) is 0. The van der Waals surface area contributed by atoms with E-state index < -0.39 is 11.9 Å². The van der Waals surface area contributed by atoms with E-state index in [-0.39, 0.29) is 63.2 Å². The van der Waals surface area contributed by atoms with E-state index >= 15 is 0 Å². The van der Waals surface area contributed by atoms with Crippen LogP contribution in [-0.2, 0) is 9.53 Å². The summed E-state index contributed by atoms with van der Waals surface area (Å²) in [5, 5.41) is 38.5. The van der Waals surface area contributed by atoms with Gasteiger partial charge < -0.3 is 9.15 Å². The fourth-order valence-corrected chi connectivity index (χ4v) is 3.71. The molecular formula is C26H12N10O3. The molecule has 0 saturated carbocycles. The molecule has 1 unspecified atom stereocenters. The molecule has 0 saturated heterocycles. The maximum atomic E-state index is 12.5. The van der Waals surface area contributed by atoms with E-state index in [2.05, 4.69) is 29.9 Å². The molecule has 2 aromatic carbocycles. The highest BCUT2D eigenvalue weighted by atomic mass is 16.5. The van der Waals surface area contributed by atoms with Crippen molar-refractivity contribution in [3.8, 4) is 47.4 Å². The molecule has 13 heteroatoms. The monoisotopic (exact) mass is 512 g/mol. The van der Waals surface area contributed by atoms with Gasteiger partial charge in [-0.2, -0.15) is 21.0 Å². The van der Waals surface area contributed by atoms with Crippen LogP contribution in [-0.4, -0.2) is 32.5 Å². The van der Waals surface area contributed by atoms with E-state index in [1.54, 1.807) is 43.3 Å². The lowest BCUT2D eigenvalue weighted by Gasteiger charge is -2.10. The molecule has 1 atom stereocenters. The summed E-state index contributed by atoms with van der Waals surface area (Å²) >= 11 is 0. The molecule has 0 bridgehead atoms. The molecule has 184 valence electrons. The number of benzene rings is 2. The van der Waals surface area contributed by atoms with Crippen LogP contribution in [0.25, 0.3) is 34.2 Å². The van der Waals surface area contributed by atoms with Gasteiger partial charge in [-0.1, -0.05) is 12.1 Å². The number of oxazole rings is 1. The second kappa shape index (κ2) is 9.98. The van der Waals surface area contributed by atoms with Crippen molar-refractivity contribution >= 4 is 17.1 Å². The van der Waals surface area contributed by atoms with E-state index in [0.717, 1.165) is 0 Å². The summed E-state index contributed by atoms with van der Waals surface area (Å²) in [5.41, 5.74) is 0.835. The first kappa shape index (κ1) is 24.4. The van der Waals surface area contributed by atoms with Gasteiger partial charge in [0.2, 0.25) is 11.7 Å². The molecular weight excluding hydrogens is 500 g/mol. The summed E-state index contributed by atoms with van der Waals surface area (Å²) in [4.78, 5) is 38.3. The Labute approximate surface area is 218 Å². The van der Waals surface area contributed by atoms with Gasteiger partial charge in [0.25, 0.3) is 5.89 Å². The molecule has 13 nitrogen and oxygen atoms in total. The van der Waals surface area contributed by atoms with Gasteiger partial charge in [-0.15, -0.1) is 0 Å². The third-order valence-electron chi connectivity index (χ3n) is 5.45. The van der Waals surface area contributed by atoms with E-state index in [0.29, 0.717) is 11.1 Å². The second-order valence-corrected chi connectivity index (χ2v) is 7.76. The fraction of sp³-hybridized carbons (Fsp3) is 0.115.